The van der Waals surface area contributed by atoms with Crippen LogP contribution in [0.1, 0.15) is 16.7 Å². The predicted molar refractivity (Wildman–Crippen MR) is 50.1 cm³/mol. The highest BCUT2D eigenvalue weighted by molar-refractivity contribution is 5.47. The van der Waals surface area contributed by atoms with Gasteiger partial charge < -0.3 is 5.11 Å². The highest BCUT2D eigenvalue weighted by atomic mass is 19.4. The lowest BCUT2D eigenvalue weighted by molar-refractivity contribution is -0.137. The Bertz CT molecular complexity index is 489. The maximum Gasteiger partial charge on any atom is 0.417 e. The Morgan fingerprint density at radius 3 is 2.50 bits per heavy atom. The molecule has 0 aliphatic heterocycles. The zero-order chi connectivity index (χ0) is 12.2. The van der Waals surface area contributed by atoms with Crippen LogP contribution in [0.15, 0.2) is 18.2 Å². The molecule has 0 radical (unpaired) electrons. The van der Waals surface area contributed by atoms with Crippen LogP contribution < -0.4 is 0 Å². The minimum atomic E-state index is -4.58. The Hall–Kier alpha value is -1.98. The molecule has 16 heavy (non-hydrogen) atoms. The van der Waals surface area contributed by atoms with Crippen LogP contribution in [0.4, 0.5) is 13.2 Å². The van der Waals surface area contributed by atoms with E-state index in [1.807, 2.05) is 0 Å². The van der Waals surface area contributed by atoms with Crippen molar-refractivity contribution in [2.45, 2.75) is 6.18 Å². The summed E-state index contributed by atoms with van der Waals surface area (Å²) in [5.74, 6) is 4.58. The molecule has 0 aliphatic carbocycles. The first kappa shape index (κ1) is 12.1. The van der Waals surface area contributed by atoms with Gasteiger partial charge in [0.1, 0.15) is 6.61 Å². The van der Waals surface area contributed by atoms with Crippen LogP contribution in [-0.4, -0.2) is 11.7 Å². The van der Waals surface area contributed by atoms with Crippen LogP contribution >= 0.6 is 0 Å². The first-order chi connectivity index (χ1) is 7.49. The summed E-state index contributed by atoms with van der Waals surface area (Å²) < 4.78 is 37.5. The number of aliphatic hydroxyl groups is 1. The number of benzene rings is 1. The summed E-state index contributed by atoms with van der Waals surface area (Å²) >= 11 is 0. The molecule has 82 valence electrons. The van der Waals surface area contributed by atoms with Crippen molar-refractivity contribution in [3.63, 3.8) is 0 Å². The zero-order valence-electron chi connectivity index (χ0n) is 7.97. The third-order valence-corrected chi connectivity index (χ3v) is 1.76. The molecule has 1 N–H and O–H groups in total. The molecule has 0 atom stereocenters. The number of aliphatic hydroxyl groups excluding tert-OH is 1. The first-order valence-electron chi connectivity index (χ1n) is 4.20. The summed E-state index contributed by atoms with van der Waals surface area (Å²) in [6, 6.07) is 4.62. The van der Waals surface area contributed by atoms with Crippen molar-refractivity contribution in [3.8, 4) is 17.9 Å². The van der Waals surface area contributed by atoms with E-state index in [0.717, 1.165) is 12.1 Å². The molecule has 2 nitrogen and oxygen atoms in total. The SMILES string of the molecule is N#Cc1ccc(C#CCO)cc1C(F)(F)F. The van der Waals surface area contributed by atoms with Gasteiger partial charge in [0.05, 0.1) is 17.2 Å². The molecule has 0 aliphatic rings. The standard InChI is InChI=1S/C11H6F3NO/c12-11(13,14)10-6-8(2-1-5-16)3-4-9(10)7-15/h3-4,6,16H,5H2. The second-order valence-electron chi connectivity index (χ2n) is 2.83. The second kappa shape index (κ2) is 4.69. The van der Waals surface area contributed by atoms with Crippen LogP contribution in [-0.2, 0) is 6.18 Å². The van der Waals surface area contributed by atoms with E-state index in [9.17, 15) is 13.2 Å². The molecule has 1 aromatic carbocycles. The van der Waals surface area contributed by atoms with Crippen LogP contribution in [0.2, 0.25) is 0 Å². The molecule has 0 bridgehead atoms. The molecular weight excluding hydrogens is 219 g/mol. The quantitative estimate of drug-likeness (QED) is 0.685. The van der Waals surface area contributed by atoms with Crippen molar-refractivity contribution >= 4 is 0 Å². The third-order valence-electron chi connectivity index (χ3n) is 1.76. The van der Waals surface area contributed by atoms with Gasteiger partial charge in [0.25, 0.3) is 0 Å². The molecular formula is C11H6F3NO. The monoisotopic (exact) mass is 225 g/mol. The number of rotatable bonds is 0. The van der Waals surface area contributed by atoms with Gasteiger partial charge in [-0.2, -0.15) is 18.4 Å². The van der Waals surface area contributed by atoms with Crippen molar-refractivity contribution in [1.82, 2.24) is 0 Å². The molecule has 0 spiro atoms. The lowest BCUT2D eigenvalue weighted by Gasteiger charge is -2.08. The molecule has 0 aromatic heterocycles. The molecule has 1 rings (SSSR count). The summed E-state index contributed by atoms with van der Waals surface area (Å²) in [4.78, 5) is 0. The van der Waals surface area contributed by atoms with Gasteiger partial charge in [0, 0.05) is 5.56 Å². The number of nitriles is 1. The molecule has 0 fully saturated rings. The number of alkyl halides is 3. The van der Waals surface area contributed by atoms with E-state index >= 15 is 0 Å². The summed E-state index contributed by atoms with van der Waals surface area (Å²) in [5, 5.41) is 16.9. The number of nitrogens with zero attached hydrogens (tertiary/aromatic N) is 1. The van der Waals surface area contributed by atoms with E-state index < -0.39 is 23.9 Å². The van der Waals surface area contributed by atoms with Crippen molar-refractivity contribution in [2.75, 3.05) is 6.61 Å². The van der Waals surface area contributed by atoms with E-state index in [0.29, 0.717) is 0 Å². The lowest BCUT2D eigenvalue weighted by Crippen LogP contribution is -2.08. The Morgan fingerprint density at radius 2 is 2.00 bits per heavy atom. The fourth-order valence-electron chi connectivity index (χ4n) is 1.10. The van der Waals surface area contributed by atoms with Gasteiger partial charge >= 0.3 is 6.18 Å². The molecule has 0 unspecified atom stereocenters. The van der Waals surface area contributed by atoms with Gasteiger partial charge in [-0.25, -0.2) is 0 Å². The van der Waals surface area contributed by atoms with Gasteiger partial charge in [-0.1, -0.05) is 11.8 Å². The first-order valence-corrected chi connectivity index (χ1v) is 4.20. The molecule has 0 heterocycles. The van der Waals surface area contributed by atoms with Gasteiger partial charge in [0.15, 0.2) is 0 Å². The summed E-state index contributed by atoms with van der Waals surface area (Å²) in [6.07, 6.45) is -4.58. The maximum atomic E-state index is 12.5. The Labute approximate surface area is 89.9 Å². The minimum absolute atomic E-state index is 0.111. The average Bonchev–Trinajstić information content (AvgIpc) is 2.24. The molecule has 0 saturated carbocycles. The predicted octanol–water partition coefficient (Wildman–Crippen LogP) is 1.92. The maximum absolute atomic E-state index is 12.5. The number of hydrogen-bond acceptors (Lipinski definition) is 2. The highest BCUT2D eigenvalue weighted by Crippen LogP contribution is 2.32. The second-order valence-corrected chi connectivity index (χ2v) is 2.83. The van der Waals surface area contributed by atoms with E-state index in [-0.39, 0.29) is 5.56 Å². The van der Waals surface area contributed by atoms with Crippen molar-refractivity contribution in [1.29, 1.82) is 5.26 Å². The van der Waals surface area contributed by atoms with E-state index in [2.05, 4.69) is 11.8 Å². The van der Waals surface area contributed by atoms with E-state index in [1.54, 1.807) is 0 Å². The molecule has 0 amide bonds. The number of hydrogen-bond donors (Lipinski definition) is 1. The van der Waals surface area contributed by atoms with Crippen LogP contribution in [0.25, 0.3) is 0 Å². The normalized spacial score (nSPS) is 10.2. The minimum Gasteiger partial charge on any atom is -0.384 e. The van der Waals surface area contributed by atoms with Gasteiger partial charge in [-0.05, 0) is 18.2 Å². The zero-order valence-corrected chi connectivity index (χ0v) is 7.97. The van der Waals surface area contributed by atoms with Gasteiger partial charge in [-0.15, -0.1) is 0 Å². The summed E-state index contributed by atoms with van der Waals surface area (Å²) in [7, 11) is 0. The van der Waals surface area contributed by atoms with Crippen LogP contribution in [0.3, 0.4) is 0 Å². The smallest absolute Gasteiger partial charge is 0.384 e. The van der Waals surface area contributed by atoms with Gasteiger partial charge in [0.2, 0.25) is 0 Å². The van der Waals surface area contributed by atoms with Crippen LogP contribution in [0.5, 0.6) is 0 Å². The fourth-order valence-corrected chi connectivity index (χ4v) is 1.10. The van der Waals surface area contributed by atoms with E-state index in [1.165, 1.54) is 12.1 Å². The highest BCUT2D eigenvalue weighted by Gasteiger charge is 2.33. The fraction of sp³-hybridized carbons (Fsp3) is 0.182. The van der Waals surface area contributed by atoms with Crippen molar-refractivity contribution in [2.24, 2.45) is 0 Å². The third kappa shape index (κ3) is 2.75. The van der Waals surface area contributed by atoms with Crippen molar-refractivity contribution < 1.29 is 18.3 Å². The molecule has 1 aromatic rings. The van der Waals surface area contributed by atoms with Crippen molar-refractivity contribution in [3.05, 3.63) is 34.9 Å². The Morgan fingerprint density at radius 1 is 1.31 bits per heavy atom. The summed E-state index contributed by atoms with van der Waals surface area (Å²) in [5.41, 5.74) is -1.35. The Kier molecular flexibility index (Phi) is 3.55. The largest absolute Gasteiger partial charge is 0.417 e. The molecule has 5 heteroatoms. The molecule has 0 saturated heterocycles. The van der Waals surface area contributed by atoms with Gasteiger partial charge in [-0.3, -0.25) is 0 Å². The van der Waals surface area contributed by atoms with Crippen LogP contribution in [0, 0.1) is 23.2 Å². The average molecular weight is 225 g/mol. The Balaban J connectivity index is 3.29. The number of halogens is 3. The topological polar surface area (TPSA) is 44.0 Å². The lowest BCUT2D eigenvalue weighted by atomic mass is 10.0. The van der Waals surface area contributed by atoms with E-state index in [4.69, 9.17) is 10.4 Å². The summed E-state index contributed by atoms with van der Waals surface area (Å²) in [6.45, 7) is -0.429.